The molecule has 1 saturated heterocycles. The fourth-order valence-electron chi connectivity index (χ4n) is 4.24. The van der Waals surface area contributed by atoms with Crippen molar-refractivity contribution in [3.05, 3.63) is 90.0 Å². The van der Waals surface area contributed by atoms with Crippen LogP contribution in [0.15, 0.2) is 78.9 Å². The van der Waals surface area contributed by atoms with Crippen LogP contribution in [0, 0.1) is 11.3 Å². The molecule has 2 heterocycles. The quantitative estimate of drug-likeness (QED) is 0.475. The Bertz CT molecular complexity index is 1350. The third kappa shape index (κ3) is 4.26. The number of aromatic nitrogens is 2. The predicted octanol–water partition coefficient (Wildman–Crippen LogP) is 4.52. The van der Waals surface area contributed by atoms with Crippen molar-refractivity contribution < 1.29 is 4.79 Å². The van der Waals surface area contributed by atoms with E-state index in [0.717, 1.165) is 41.1 Å². The molecular formula is C27H23N5O. The summed E-state index contributed by atoms with van der Waals surface area (Å²) in [5.41, 5.74) is 4.66. The molecule has 6 nitrogen and oxygen atoms in total. The summed E-state index contributed by atoms with van der Waals surface area (Å²) >= 11 is 0. The van der Waals surface area contributed by atoms with E-state index in [1.807, 2.05) is 47.4 Å². The van der Waals surface area contributed by atoms with Gasteiger partial charge in [-0.25, -0.2) is 9.97 Å². The minimum atomic E-state index is -0.0400. The maximum Gasteiger partial charge on any atom is 0.253 e. The lowest BCUT2D eigenvalue weighted by atomic mass is 10.1. The van der Waals surface area contributed by atoms with Crippen LogP contribution in [0.3, 0.4) is 0 Å². The van der Waals surface area contributed by atoms with Crippen LogP contribution < -0.4 is 4.90 Å². The van der Waals surface area contributed by atoms with Crippen molar-refractivity contribution >= 4 is 22.8 Å². The Hall–Kier alpha value is -4.24. The number of para-hydroxylation sites is 2. The van der Waals surface area contributed by atoms with E-state index < -0.39 is 0 Å². The highest BCUT2D eigenvalue weighted by molar-refractivity contribution is 5.94. The Balaban J connectivity index is 1.45. The van der Waals surface area contributed by atoms with Gasteiger partial charge in [-0.3, -0.25) is 4.79 Å². The Morgan fingerprint density at radius 1 is 0.818 bits per heavy atom. The maximum atomic E-state index is 13.1. The molecule has 5 rings (SSSR count). The Morgan fingerprint density at radius 2 is 1.58 bits per heavy atom. The first-order valence-corrected chi connectivity index (χ1v) is 11.1. The predicted molar refractivity (Wildman–Crippen MR) is 129 cm³/mol. The molecule has 1 aliphatic heterocycles. The highest BCUT2D eigenvalue weighted by atomic mass is 16.2. The van der Waals surface area contributed by atoms with Crippen LogP contribution in [0.5, 0.6) is 0 Å². The second kappa shape index (κ2) is 9.09. The number of benzene rings is 3. The van der Waals surface area contributed by atoms with E-state index in [1.165, 1.54) is 0 Å². The summed E-state index contributed by atoms with van der Waals surface area (Å²) in [6, 6.07) is 27.0. The topological polar surface area (TPSA) is 73.1 Å². The average Bonchev–Trinajstić information content (AvgIpc) is 3.14. The molecule has 0 N–H and O–H groups in total. The number of nitrogens with zero attached hydrogens (tertiary/aromatic N) is 5. The van der Waals surface area contributed by atoms with Gasteiger partial charge >= 0.3 is 0 Å². The number of carbonyl (C=O) groups excluding carboxylic acids is 1. The van der Waals surface area contributed by atoms with Gasteiger partial charge in [0.1, 0.15) is 5.69 Å². The number of rotatable bonds is 3. The molecule has 1 fully saturated rings. The van der Waals surface area contributed by atoms with Gasteiger partial charge in [0.2, 0.25) is 0 Å². The average molecular weight is 434 g/mol. The first-order chi connectivity index (χ1) is 16.2. The Morgan fingerprint density at radius 3 is 2.36 bits per heavy atom. The van der Waals surface area contributed by atoms with E-state index in [0.29, 0.717) is 30.8 Å². The summed E-state index contributed by atoms with van der Waals surface area (Å²) in [6.45, 7) is 2.69. The van der Waals surface area contributed by atoms with Crippen molar-refractivity contribution in [3.8, 4) is 17.3 Å². The molecular weight excluding hydrogens is 410 g/mol. The Labute approximate surface area is 192 Å². The van der Waals surface area contributed by atoms with Gasteiger partial charge in [0.05, 0.1) is 22.7 Å². The SMILES string of the molecule is N#Cc1cccc(C(=O)N2CCCN(c3nc4ccccc4nc3-c3ccccc3)CC2)c1. The molecule has 0 radical (unpaired) electrons. The first-order valence-electron chi connectivity index (χ1n) is 11.1. The summed E-state index contributed by atoms with van der Waals surface area (Å²) in [5.74, 6) is 0.808. The van der Waals surface area contributed by atoms with E-state index in [9.17, 15) is 4.79 Å². The van der Waals surface area contributed by atoms with Gasteiger partial charge < -0.3 is 9.80 Å². The van der Waals surface area contributed by atoms with Gasteiger partial charge in [0.25, 0.3) is 5.91 Å². The number of hydrogen-bond acceptors (Lipinski definition) is 5. The van der Waals surface area contributed by atoms with Crippen LogP contribution in [0.25, 0.3) is 22.3 Å². The van der Waals surface area contributed by atoms with Crippen LogP contribution in [-0.2, 0) is 0 Å². The van der Waals surface area contributed by atoms with Crippen LogP contribution in [0.4, 0.5) is 5.82 Å². The number of amides is 1. The molecule has 3 aromatic carbocycles. The number of anilines is 1. The molecule has 0 spiro atoms. The molecule has 0 bridgehead atoms. The molecule has 4 aromatic rings. The lowest BCUT2D eigenvalue weighted by molar-refractivity contribution is 0.0767. The summed E-state index contributed by atoms with van der Waals surface area (Å²) in [5, 5.41) is 9.16. The van der Waals surface area contributed by atoms with Gasteiger partial charge in [-0.1, -0.05) is 48.5 Å². The van der Waals surface area contributed by atoms with E-state index in [2.05, 4.69) is 23.1 Å². The van der Waals surface area contributed by atoms with Crippen LogP contribution in [0.1, 0.15) is 22.3 Å². The molecule has 1 aliphatic rings. The van der Waals surface area contributed by atoms with Crippen LogP contribution in [0.2, 0.25) is 0 Å². The third-order valence-electron chi connectivity index (χ3n) is 5.92. The fraction of sp³-hybridized carbons (Fsp3) is 0.185. The van der Waals surface area contributed by atoms with Crippen molar-refractivity contribution in [2.75, 3.05) is 31.1 Å². The molecule has 1 amide bonds. The Kier molecular flexibility index (Phi) is 5.69. The lowest BCUT2D eigenvalue weighted by Crippen LogP contribution is -2.35. The largest absolute Gasteiger partial charge is 0.353 e. The van der Waals surface area contributed by atoms with E-state index >= 15 is 0 Å². The van der Waals surface area contributed by atoms with Gasteiger partial charge in [-0.05, 0) is 36.8 Å². The number of fused-ring (bicyclic) bond motifs is 1. The summed E-state index contributed by atoms with van der Waals surface area (Å²) in [7, 11) is 0. The van der Waals surface area contributed by atoms with Crippen molar-refractivity contribution in [1.82, 2.24) is 14.9 Å². The third-order valence-corrected chi connectivity index (χ3v) is 5.92. The monoisotopic (exact) mass is 433 g/mol. The minimum Gasteiger partial charge on any atom is -0.353 e. The minimum absolute atomic E-state index is 0.0400. The molecule has 33 heavy (non-hydrogen) atoms. The molecule has 162 valence electrons. The normalized spacial score (nSPS) is 14.0. The summed E-state index contributed by atoms with van der Waals surface area (Å²) in [4.78, 5) is 27.2. The zero-order valence-electron chi connectivity index (χ0n) is 18.2. The highest BCUT2D eigenvalue weighted by Gasteiger charge is 2.24. The van der Waals surface area contributed by atoms with Gasteiger partial charge in [0, 0.05) is 37.3 Å². The number of nitriles is 1. The second-order valence-electron chi connectivity index (χ2n) is 8.08. The highest BCUT2D eigenvalue weighted by Crippen LogP contribution is 2.30. The van der Waals surface area contributed by atoms with Gasteiger partial charge in [0.15, 0.2) is 5.82 Å². The van der Waals surface area contributed by atoms with E-state index in [4.69, 9.17) is 15.2 Å². The van der Waals surface area contributed by atoms with Crippen molar-refractivity contribution in [2.45, 2.75) is 6.42 Å². The van der Waals surface area contributed by atoms with Crippen molar-refractivity contribution in [1.29, 1.82) is 5.26 Å². The summed E-state index contributed by atoms with van der Waals surface area (Å²) < 4.78 is 0. The van der Waals surface area contributed by atoms with Crippen molar-refractivity contribution in [2.24, 2.45) is 0 Å². The maximum absolute atomic E-state index is 13.1. The fourth-order valence-corrected chi connectivity index (χ4v) is 4.24. The van der Waals surface area contributed by atoms with Crippen LogP contribution >= 0.6 is 0 Å². The molecule has 0 unspecified atom stereocenters. The molecule has 0 saturated carbocycles. The lowest BCUT2D eigenvalue weighted by Gasteiger charge is -2.25. The van der Waals surface area contributed by atoms with Gasteiger partial charge in [-0.2, -0.15) is 5.26 Å². The van der Waals surface area contributed by atoms with Gasteiger partial charge in [-0.15, -0.1) is 0 Å². The van der Waals surface area contributed by atoms with E-state index in [-0.39, 0.29) is 5.91 Å². The molecule has 0 aliphatic carbocycles. The zero-order chi connectivity index (χ0) is 22.6. The molecule has 6 heteroatoms. The molecule has 0 atom stereocenters. The second-order valence-corrected chi connectivity index (χ2v) is 8.08. The zero-order valence-corrected chi connectivity index (χ0v) is 18.2. The molecule has 1 aromatic heterocycles. The summed E-state index contributed by atoms with van der Waals surface area (Å²) in [6.07, 6.45) is 0.826. The first kappa shape index (κ1) is 20.7. The van der Waals surface area contributed by atoms with Crippen LogP contribution in [-0.4, -0.2) is 47.0 Å². The number of carbonyl (C=O) groups is 1. The number of hydrogen-bond donors (Lipinski definition) is 0. The van der Waals surface area contributed by atoms with Crippen molar-refractivity contribution in [3.63, 3.8) is 0 Å². The smallest absolute Gasteiger partial charge is 0.253 e. The van der Waals surface area contributed by atoms with E-state index in [1.54, 1.807) is 24.3 Å². The standard InChI is InChI=1S/C27H23N5O/c28-19-20-8-6-11-22(18-20)27(33)32-15-7-14-31(16-17-32)26-25(21-9-2-1-3-10-21)29-23-12-4-5-13-24(23)30-26/h1-6,8-13,18H,7,14-17H2.